The Morgan fingerprint density at radius 1 is 0.737 bits per heavy atom. The minimum Gasteiger partial charge on any atom is -0.295 e. The predicted octanol–water partition coefficient (Wildman–Crippen LogP) is 12.0. The Morgan fingerprint density at radius 2 is 1.37 bits per heavy atom. The summed E-state index contributed by atoms with van der Waals surface area (Å²) in [6, 6.07) is 42.1. The standard InChI is InChI=1S/C50H41BN5S/c1-7-18-37-31(3)56(49-54-46(33-19-12-9-13-20-33)53-47(55-49)34-21-14-10-15-22-34)45(51-6)39(37)29-32(8-2)36-25-26-38-41(30-36)50(4,5)40-27-28-42-44(43(38)40)57-48(52-42)35-23-16-11-17-24-35/h7-30H,2H2,1,3-6H3/b18-7-,32-29+. The molecule has 1 radical (unpaired) electrons. The average Bonchev–Trinajstić information content (AvgIpc) is 3.88. The van der Waals surface area contributed by atoms with Crippen LogP contribution < -0.4 is 5.59 Å². The third-order valence-corrected chi connectivity index (χ3v) is 12.2. The van der Waals surface area contributed by atoms with E-state index in [1.54, 1.807) is 11.3 Å². The first-order chi connectivity index (χ1) is 27.8. The van der Waals surface area contributed by atoms with Crippen LogP contribution in [0.25, 0.3) is 78.4 Å². The zero-order valence-corrected chi connectivity index (χ0v) is 33.6. The van der Waals surface area contributed by atoms with Crippen molar-refractivity contribution in [2.45, 2.75) is 39.9 Å². The highest BCUT2D eigenvalue weighted by molar-refractivity contribution is 7.22. The van der Waals surface area contributed by atoms with Gasteiger partial charge in [0.15, 0.2) is 18.9 Å². The number of hydrogen-bond donors (Lipinski definition) is 0. The van der Waals surface area contributed by atoms with Gasteiger partial charge in [0.1, 0.15) is 5.01 Å². The number of rotatable bonds is 9. The maximum atomic E-state index is 5.11. The van der Waals surface area contributed by atoms with Crippen LogP contribution in [-0.4, -0.2) is 31.8 Å². The fourth-order valence-electron chi connectivity index (χ4n) is 8.23. The molecule has 0 amide bonds. The summed E-state index contributed by atoms with van der Waals surface area (Å²) in [6.07, 6.45) is 8.51. The van der Waals surface area contributed by atoms with Gasteiger partial charge in [-0.05, 0) is 71.0 Å². The highest BCUT2D eigenvalue weighted by atomic mass is 32.1. The van der Waals surface area contributed by atoms with Crippen LogP contribution in [0.1, 0.15) is 54.3 Å². The molecule has 0 unspecified atom stereocenters. The van der Waals surface area contributed by atoms with E-state index in [1.165, 1.54) is 27.0 Å². The summed E-state index contributed by atoms with van der Waals surface area (Å²) in [7, 11) is 2.15. The molecule has 5 aromatic carbocycles. The number of allylic oxidation sites excluding steroid dienone is 3. The molecular weight excluding hydrogens is 713 g/mol. The molecule has 0 aliphatic heterocycles. The van der Waals surface area contributed by atoms with Crippen molar-refractivity contribution in [2.75, 3.05) is 0 Å². The van der Waals surface area contributed by atoms with E-state index >= 15 is 0 Å². The van der Waals surface area contributed by atoms with Gasteiger partial charge in [0.05, 0.1) is 10.2 Å². The predicted molar refractivity (Wildman–Crippen MR) is 241 cm³/mol. The Bertz CT molecular complexity index is 2830. The van der Waals surface area contributed by atoms with Crippen molar-refractivity contribution < 1.29 is 0 Å². The lowest BCUT2D eigenvalue weighted by Crippen LogP contribution is -2.26. The first-order valence-electron chi connectivity index (χ1n) is 19.3. The van der Waals surface area contributed by atoms with Gasteiger partial charge in [-0.2, -0.15) is 9.97 Å². The van der Waals surface area contributed by atoms with Crippen molar-refractivity contribution >= 4 is 52.2 Å². The molecule has 1 aliphatic carbocycles. The van der Waals surface area contributed by atoms with E-state index in [1.807, 2.05) is 66.7 Å². The molecular formula is C50H41BN5S. The van der Waals surface area contributed by atoms with E-state index in [4.69, 9.17) is 19.9 Å². The van der Waals surface area contributed by atoms with Crippen molar-refractivity contribution in [1.82, 2.24) is 24.5 Å². The molecule has 0 saturated heterocycles. The van der Waals surface area contributed by atoms with E-state index < -0.39 is 0 Å². The zero-order chi connectivity index (χ0) is 39.3. The smallest absolute Gasteiger partial charge is 0.237 e. The minimum absolute atomic E-state index is 0.192. The van der Waals surface area contributed by atoms with Crippen LogP contribution in [-0.2, 0) is 5.41 Å². The van der Waals surface area contributed by atoms with Gasteiger partial charge < -0.3 is 0 Å². The molecule has 57 heavy (non-hydrogen) atoms. The van der Waals surface area contributed by atoms with E-state index in [0.29, 0.717) is 17.6 Å². The second-order valence-electron chi connectivity index (χ2n) is 14.8. The van der Waals surface area contributed by atoms with E-state index in [0.717, 1.165) is 60.8 Å². The minimum atomic E-state index is -0.192. The number of thiazole rings is 1. The van der Waals surface area contributed by atoms with Crippen LogP contribution in [0.5, 0.6) is 0 Å². The Balaban J connectivity index is 1.18. The maximum Gasteiger partial charge on any atom is 0.237 e. The van der Waals surface area contributed by atoms with Gasteiger partial charge in [-0.3, -0.25) is 4.57 Å². The first kappa shape index (κ1) is 36.2. The molecule has 9 rings (SSSR count). The fraction of sp³-hybridized carbons (Fsp3) is 0.120. The topological polar surface area (TPSA) is 56.5 Å². The molecule has 1 aliphatic rings. The fourth-order valence-corrected chi connectivity index (χ4v) is 9.36. The number of fused-ring (bicyclic) bond motifs is 5. The lowest BCUT2D eigenvalue weighted by molar-refractivity contribution is 0.660. The Labute approximate surface area is 339 Å². The molecule has 275 valence electrons. The third-order valence-electron chi connectivity index (χ3n) is 11.1. The molecule has 8 aromatic rings. The lowest BCUT2D eigenvalue weighted by Gasteiger charge is -2.22. The number of hydrogen-bond acceptors (Lipinski definition) is 5. The summed E-state index contributed by atoms with van der Waals surface area (Å²) in [4.78, 5) is 20.2. The van der Waals surface area contributed by atoms with Crippen LogP contribution >= 0.6 is 11.3 Å². The van der Waals surface area contributed by atoms with Gasteiger partial charge in [0, 0.05) is 38.9 Å². The number of aromatic nitrogens is 5. The monoisotopic (exact) mass is 754 g/mol. The summed E-state index contributed by atoms with van der Waals surface area (Å²) in [5.41, 5.74) is 15.4. The Morgan fingerprint density at radius 3 is 1.96 bits per heavy atom. The van der Waals surface area contributed by atoms with Crippen molar-refractivity contribution in [3.8, 4) is 50.4 Å². The summed E-state index contributed by atoms with van der Waals surface area (Å²) in [5, 5.41) is 1.05. The quantitative estimate of drug-likeness (QED) is 0.109. The van der Waals surface area contributed by atoms with Gasteiger partial charge in [0.25, 0.3) is 0 Å². The molecule has 0 atom stereocenters. The lowest BCUT2D eigenvalue weighted by atomic mass is 9.74. The Hall–Kier alpha value is -6.44. The molecule has 0 spiro atoms. The van der Waals surface area contributed by atoms with Crippen molar-refractivity contribution in [1.29, 1.82) is 0 Å². The highest BCUT2D eigenvalue weighted by Gasteiger charge is 2.37. The van der Waals surface area contributed by atoms with Gasteiger partial charge >= 0.3 is 0 Å². The molecule has 0 bridgehead atoms. The largest absolute Gasteiger partial charge is 0.295 e. The maximum absolute atomic E-state index is 5.11. The molecule has 5 nitrogen and oxygen atoms in total. The molecule has 0 fully saturated rings. The average molecular weight is 755 g/mol. The van der Waals surface area contributed by atoms with Crippen LogP contribution in [0.3, 0.4) is 0 Å². The van der Waals surface area contributed by atoms with E-state index in [2.05, 4.69) is 132 Å². The first-order valence-corrected chi connectivity index (χ1v) is 20.2. The second kappa shape index (κ2) is 14.6. The van der Waals surface area contributed by atoms with Gasteiger partial charge in [0.2, 0.25) is 5.95 Å². The Kier molecular flexibility index (Phi) is 9.26. The normalized spacial score (nSPS) is 13.2. The summed E-state index contributed by atoms with van der Waals surface area (Å²) < 4.78 is 3.40. The molecule has 7 heteroatoms. The number of nitrogens with zero attached hydrogens (tertiary/aromatic N) is 5. The van der Waals surface area contributed by atoms with E-state index in [9.17, 15) is 0 Å². The van der Waals surface area contributed by atoms with Crippen LogP contribution in [0.2, 0.25) is 6.82 Å². The SMILES string of the molecule is C=C/C(=C\c1c(/C=C\C)c(C)n(-c2nc(-c3ccccc3)nc(-c3ccccc3)n2)c1[B]C)c1ccc2c(c1)C(C)(C)c1ccc3nc(-c4ccccc4)sc3c1-2. The molecule has 3 aromatic heterocycles. The number of benzene rings is 5. The third kappa shape index (κ3) is 6.19. The van der Waals surface area contributed by atoms with Crippen LogP contribution in [0.15, 0.2) is 140 Å². The summed E-state index contributed by atoms with van der Waals surface area (Å²) in [5.74, 6) is 1.82. The highest BCUT2D eigenvalue weighted by Crippen LogP contribution is 2.53. The van der Waals surface area contributed by atoms with Crippen molar-refractivity contribution in [2.24, 2.45) is 0 Å². The second-order valence-corrected chi connectivity index (χ2v) is 15.8. The van der Waals surface area contributed by atoms with Gasteiger partial charge in [-0.15, -0.1) is 11.3 Å². The van der Waals surface area contributed by atoms with E-state index in [-0.39, 0.29) is 5.41 Å². The van der Waals surface area contributed by atoms with Crippen molar-refractivity contribution in [3.63, 3.8) is 0 Å². The zero-order valence-electron chi connectivity index (χ0n) is 32.8. The van der Waals surface area contributed by atoms with Crippen molar-refractivity contribution in [3.05, 3.63) is 174 Å². The molecule has 0 N–H and O–H groups in total. The van der Waals surface area contributed by atoms with Gasteiger partial charge in [-0.1, -0.05) is 155 Å². The summed E-state index contributed by atoms with van der Waals surface area (Å²) in [6.45, 7) is 15.3. The van der Waals surface area contributed by atoms with Crippen LogP contribution in [0, 0.1) is 6.92 Å². The van der Waals surface area contributed by atoms with Crippen LogP contribution in [0.4, 0.5) is 0 Å². The van der Waals surface area contributed by atoms with Gasteiger partial charge in [-0.25, -0.2) is 9.97 Å². The molecule has 3 heterocycles. The molecule has 0 saturated carbocycles. The summed E-state index contributed by atoms with van der Waals surface area (Å²) >= 11 is 1.78.